The van der Waals surface area contributed by atoms with E-state index in [1.807, 2.05) is 0 Å². The molecule has 0 aliphatic carbocycles. The maximum atomic E-state index is 12.0. The number of hydrogen-bond acceptors (Lipinski definition) is 3. The van der Waals surface area contributed by atoms with E-state index in [0.29, 0.717) is 23.7 Å². The molecule has 1 aromatic heterocycles. The van der Waals surface area contributed by atoms with Crippen molar-refractivity contribution in [2.24, 2.45) is 0 Å². The van der Waals surface area contributed by atoms with Crippen molar-refractivity contribution in [1.29, 1.82) is 0 Å². The number of pyridine rings is 1. The minimum absolute atomic E-state index is 0. The summed E-state index contributed by atoms with van der Waals surface area (Å²) >= 11 is 0. The average Bonchev–Trinajstić information content (AvgIpc) is 2.70. The Hall–Kier alpha value is -0.840. The molecule has 3 heterocycles. The highest BCUT2D eigenvalue weighted by atomic mass is 35.5. The van der Waals surface area contributed by atoms with Crippen LogP contribution in [0.4, 0.5) is 0 Å². The molecule has 0 spiro atoms. The summed E-state index contributed by atoms with van der Waals surface area (Å²) in [6, 6.07) is 5.05. The summed E-state index contributed by atoms with van der Waals surface area (Å²) in [6.45, 7) is 0. The standard InChI is InChI=1S/C13H17N3O.2ClH/c17-13(9-3-5-14-6-4-9)16-12-7-10-1-2-11(8-12)15-10;;/h3-6,10-12,15H,1-2,7-8H2,(H,16,17);2*1H. The van der Waals surface area contributed by atoms with Crippen LogP contribution in [-0.2, 0) is 0 Å². The van der Waals surface area contributed by atoms with E-state index in [2.05, 4.69) is 15.6 Å². The van der Waals surface area contributed by atoms with Crippen molar-refractivity contribution in [2.75, 3.05) is 0 Å². The number of aromatic nitrogens is 1. The van der Waals surface area contributed by atoms with Gasteiger partial charge < -0.3 is 10.6 Å². The largest absolute Gasteiger partial charge is 0.349 e. The van der Waals surface area contributed by atoms with Crippen molar-refractivity contribution < 1.29 is 4.79 Å². The van der Waals surface area contributed by atoms with Gasteiger partial charge in [0, 0.05) is 36.1 Å². The van der Waals surface area contributed by atoms with Crippen molar-refractivity contribution >= 4 is 30.7 Å². The van der Waals surface area contributed by atoms with Gasteiger partial charge in [-0.05, 0) is 37.8 Å². The fraction of sp³-hybridized carbons (Fsp3) is 0.538. The van der Waals surface area contributed by atoms with E-state index in [9.17, 15) is 4.79 Å². The lowest BCUT2D eigenvalue weighted by atomic mass is 9.99. The van der Waals surface area contributed by atoms with E-state index in [0.717, 1.165) is 12.8 Å². The van der Waals surface area contributed by atoms with E-state index in [4.69, 9.17) is 0 Å². The Bertz CT molecular complexity index is 404. The monoisotopic (exact) mass is 303 g/mol. The summed E-state index contributed by atoms with van der Waals surface area (Å²) in [6.07, 6.45) is 7.95. The molecule has 3 rings (SSSR count). The third kappa shape index (κ3) is 3.81. The highest BCUT2D eigenvalue weighted by Crippen LogP contribution is 2.26. The Morgan fingerprint density at radius 1 is 1.16 bits per heavy atom. The molecule has 2 fully saturated rings. The average molecular weight is 304 g/mol. The summed E-state index contributed by atoms with van der Waals surface area (Å²) in [5, 5.41) is 6.70. The number of halogens is 2. The molecule has 19 heavy (non-hydrogen) atoms. The second kappa shape index (κ2) is 7.08. The third-order valence-corrected chi connectivity index (χ3v) is 3.75. The van der Waals surface area contributed by atoms with Gasteiger partial charge in [0.15, 0.2) is 0 Å². The van der Waals surface area contributed by atoms with Crippen LogP contribution in [0.2, 0.25) is 0 Å². The van der Waals surface area contributed by atoms with Gasteiger partial charge in [-0.3, -0.25) is 9.78 Å². The Morgan fingerprint density at radius 2 is 1.74 bits per heavy atom. The number of piperidine rings is 1. The lowest BCUT2D eigenvalue weighted by molar-refractivity contribution is 0.0924. The first-order valence-corrected chi connectivity index (χ1v) is 6.28. The normalized spacial score (nSPS) is 27.9. The predicted octanol–water partition coefficient (Wildman–Crippen LogP) is 1.94. The SMILES string of the molecule is Cl.Cl.O=C(NC1CC2CCC(C1)N2)c1ccncc1. The van der Waals surface area contributed by atoms with Crippen molar-refractivity contribution in [3.63, 3.8) is 0 Å². The molecular weight excluding hydrogens is 285 g/mol. The van der Waals surface area contributed by atoms with Gasteiger partial charge in [-0.2, -0.15) is 0 Å². The van der Waals surface area contributed by atoms with Gasteiger partial charge in [0.25, 0.3) is 5.91 Å². The Labute approximate surface area is 125 Å². The number of nitrogens with zero attached hydrogens (tertiary/aromatic N) is 1. The van der Waals surface area contributed by atoms with Gasteiger partial charge in [0.05, 0.1) is 0 Å². The molecule has 1 aromatic rings. The molecule has 0 radical (unpaired) electrons. The van der Waals surface area contributed by atoms with Crippen LogP contribution in [0.1, 0.15) is 36.0 Å². The molecule has 2 N–H and O–H groups in total. The molecular formula is C13H19Cl2N3O. The van der Waals surface area contributed by atoms with Crippen molar-refractivity contribution in [3.05, 3.63) is 30.1 Å². The summed E-state index contributed by atoms with van der Waals surface area (Å²) < 4.78 is 0. The lowest BCUT2D eigenvalue weighted by Crippen LogP contribution is -2.48. The molecule has 6 heteroatoms. The van der Waals surface area contributed by atoms with Crippen LogP contribution in [-0.4, -0.2) is 29.0 Å². The fourth-order valence-electron chi connectivity index (χ4n) is 2.95. The quantitative estimate of drug-likeness (QED) is 0.878. The van der Waals surface area contributed by atoms with Crippen LogP contribution in [0.5, 0.6) is 0 Å². The molecule has 2 saturated heterocycles. The van der Waals surface area contributed by atoms with Gasteiger partial charge in [0.1, 0.15) is 0 Å². The molecule has 2 unspecified atom stereocenters. The van der Waals surface area contributed by atoms with Gasteiger partial charge in [-0.25, -0.2) is 0 Å². The number of amides is 1. The Balaban J connectivity index is 0.000000902. The first-order chi connectivity index (χ1) is 8.31. The van der Waals surface area contributed by atoms with Crippen LogP contribution in [0.25, 0.3) is 0 Å². The smallest absolute Gasteiger partial charge is 0.251 e. The summed E-state index contributed by atoms with van der Waals surface area (Å²) in [5.74, 6) is 0.0266. The van der Waals surface area contributed by atoms with Crippen LogP contribution >= 0.6 is 24.8 Å². The van der Waals surface area contributed by atoms with Gasteiger partial charge >= 0.3 is 0 Å². The van der Waals surface area contributed by atoms with Gasteiger partial charge in [-0.1, -0.05) is 0 Å². The molecule has 2 aliphatic rings. The highest BCUT2D eigenvalue weighted by molar-refractivity contribution is 5.94. The minimum atomic E-state index is 0. The van der Waals surface area contributed by atoms with Crippen LogP contribution in [0.3, 0.4) is 0 Å². The molecule has 2 bridgehead atoms. The number of carbonyl (C=O) groups is 1. The third-order valence-electron chi connectivity index (χ3n) is 3.75. The zero-order valence-electron chi connectivity index (χ0n) is 10.5. The zero-order valence-corrected chi connectivity index (χ0v) is 12.2. The van der Waals surface area contributed by atoms with Crippen LogP contribution in [0, 0.1) is 0 Å². The van der Waals surface area contributed by atoms with Gasteiger partial charge in [0.2, 0.25) is 0 Å². The number of rotatable bonds is 2. The molecule has 0 aromatic carbocycles. The molecule has 106 valence electrons. The summed E-state index contributed by atoms with van der Waals surface area (Å²) in [4.78, 5) is 15.9. The molecule has 4 nitrogen and oxygen atoms in total. The van der Waals surface area contributed by atoms with E-state index in [-0.39, 0.29) is 30.7 Å². The maximum Gasteiger partial charge on any atom is 0.251 e. The lowest BCUT2D eigenvalue weighted by Gasteiger charge is -2.29. The number of nitrogens with one attached hydrogen (secondary N) is 2. The van der Waals surface area contributed by atoms with Crippen molar-refractivity contribution in [2.45, 2.75) is 43.8 Å². The number of hydrogen-bond donors (Lipinski definition) is 2. The Kier molecular flexibility index (Phi) is 6.04. The van der Waals surface area contributed by atoms with E-state index in [1.165, 1.54) is 12.8 Å². The van der Waals surface area contributed by atoms with E-state index >= 15 is 0 Å². The van der Waals surface area contributed by atoms with Crippen molar-refractivity contribution in [3.8, 4) is 0 Å². The molecule has 2 atom stereocenters. The first-order valence-electron chi connectivity index (χ1n) is 6.28. The maximum absolute atomic E-state index is 12.0. The van der Waals surface area contributed by atoms with Crippen LogP contribution < -0.4 is 10.6 Å². The second-order valence-electron chi connectivity index (χ2n) is 5.02. The van der Waals surface area contributed by atoms with E-state index < -0.39 is 0 Å². The van der Waals surface area contributed by atoms with Crippen molar-refractivity contribution in [1.82, 2.24) is 15.6 Å². The highest BCUT2D eigenvalue weighted by Gasteiger charge is 2.33. The second-order valence-corrected chi connectivity index (χ2v) is 5.02. The summed E-state index contributed by atoms with van der Waals surface area (Å²) in [5.41, 5.74) is 0.700. The zero-order chi connectivity index (χ0) is 11.7. The first kappa shape index (κ1) is 16.2. The topological polar surface area (TPSA) is 54.0 Å². The Morgan fingerprint density at radius 3 is 2.32 bits per heavy atom. The number of fused-ring (bicyclic) bond motifs is 2. The minimum Gasteiger partial charge on any atom is -0.349 e. The molecule has 2 aliphatic heterocycles. The summed E-state index contributed by atoms with van der Waals surface area (Å²) in [7, 11) is 0. The van der Waals surface area contributed by atoms with Crippen LogP contribution in [0.15, 0.2) is 24.5 Å². The van der Waals surface area contributed by atoms with E-state index in [1.54, 1.807) is 24.5 Å². The molecule has 0 saturated carbocycles. The predicted molar refractivity (Wildman–Crippen MR) is 79.2 cm³/mol. The number of carbonyl (C=O) groups excluding carboxylic acids is 1. The fourth-order valence-corrected chi connectivity index (χ4v) is 2.95. The molecule has 1 amide bonds. The van der Waals surface area contributed by atoms with Gasteiger partial charge in [-0.15, -0.1) is 24.8 Å².